The maximum atomic E-state index is 6.23. The molecule has 3 aromatic heterocycles. The van der Waals surface area contributed by atoms with E-state index in [0.29, 0.717) is 11.8 Å². The molecule has 0 bridgehead atoms. The number of benzene rings is 7. The molecule has 10 aromatic rings. The zero-order chi connectivity index (χ0) is 36.3. The largest absolute Gasteiger partial charge is 0.436 e. The second-order valence-electron chi connectivity index (χ2n) is 14.0. The van der Waals surface area contributed by atoms with Gasteiger partial charge in [-0.05, 0) is 93.5 Å². The van der Waals surface area contributed by atoms with E-state index in [1.54, 1.807) is 0 Å². The average molecular weight is 706 g/mol. The third-order valence-corrected chi connectivity index (χ3v) is 10.9. The molecule has 258 valence electrons. The molecule has 11 rings (SSSR count). The summed E-state index contributed by atoms with van der Waals surface area (Å²) >= 11 is 0. The first-order valence-electron chi connectivity index (χ1n) is 18.4. The van der Waals surface area contributed by atoms with Crippen molar-refractivity contribution >= 4 is 22.2 Å². The Kier molecular flexibility index (Phi) is 7.01. The molecule has 0 saturated carbocycles. The molecule has 0 unspecified atom stereocenters. The van der Waals surface area contributed by atoms with Gasteiger partial charge in [0.15, 0.2) is 11.2 Å². The molecule has 0 radical (unpaired) electrons. The molecule has 0 amide bonds. The maximum Gasteiger partial charge on any atom is 0.227 e. The van der Waals surface area contributed by atoms with E-state index in [2.05, 4.69) is 127 Å². The highest BCUT2D eigenvalue weighted by atomic mass is 16.4. The summed E-state index contributed by atoms with van der Waals surface area (Å²) in [5.74, 6) is 1.05. The van der Waals surface area contributed by atoms with Crippen molar-refractivity contribution in [1.82, 2.24) is 15.0 Å². The normalized spacial score (nSPS) is 12.9. The van der Waals surface area contributed by atoms with Gasteiger partial charge in [0.25, 0.3) is 0 Å². The Labute approximate surface area is 317 Å². The van der Waals surface area contributed by atoms with Crippen LogP contribution in [0.3, 0.4) is 0 Å². The van der Waals surface area contributed by atoms with E-state index in [0.717, 1.165) is 55.7 Å². The summed E-state index contributed by atoms with van der Waals surface area (Å²) in [7, 11) is 0. The molecule has 1 aliphatic carbocycles. The summed E-state index contributed by atoms with van der Waals surface area (Å²) in [6.07, 6.45) is 1.97. The molecule has 3 heterocycles. The Hall–Kier alpha value is -7.37. The average Bonchev–Trinajstić information content (AvgIpc) is 3.97. The van der Waals surface area contributed by atoms with Crippen molar-refractivity contribution in [2.45, 2.75) is 5.41 Å². The van der Waals surface area contributed by atoms with Gasteiger partial charge in [0.1, 0.15) is 11.0 Å². The first kappa shape index (κ1) is 31.2. The van der Waals surface area contributed by atoms with Crippen LogP contribution in [0.1, 0.15) is 22.3 Å². The van der Waals surface area contributed by atoms with E-state index in [1.165, 1.54) is 33.4 Å². The van der Waals surface area contributed by atoms with Crippen LogP contribution in [-0.2, 0) is 5.41 Å². The first-order chi connectivity index (χ1) is 27.2. The van der Waals surface area contributed by atoms with Gasteiger partial charge in [0.05, 0.1) is 11.1 Å². The zero-order valence-electron chi connectivity index (χ0n) is 29.6. The number of oxazole rings is 2. The van der Waals surface area contributed by atoms with Crippen molar-refractivity contribution in [2.24, 2.45) is 0 Å². The lowest BCUT2D eigenvalue weighted by molar-refractivity contribution is 0.617. The number of hydrogen-bond donors (Lipinski definition) is 0. The molecule has 1 aliphatic rings. The lowest BCUT2D eigenvalue weighted by Gasteiger charge is -2.34. The SMILES string of the molecule is c1ccc(C2(c3ccccc3)c3ccccc3-c3ccc(-c4ccc(-c5cc(-c6nc7ccccc7o6)cc(-c6nc7ccccc7o6)c5)nc4)cc32)cc1. The Morgan fingerprint density at radius 3 is 1.51 bits per heavy atom. The van der Waals surface area contributed by atoms with Crippen LogP contribution in [0.5, 0.6) is 0 Å². The van der Waals surface area contributed by atoms with Gasteiger partial charge in [-0.15, -0.1) is 0 Å². The van der Waals surface area contributed by atoms with Crippen molar-refractivity contribution in [1.29, 1.82) is 0 Å². The quantitative estimate of drug-likeness (QED) is 0.172. The third-order valence-electron chi connectivity index (χ3n) is 10.9. The van der Waals surface area contributed by atoms with E-state index >= 15 is 0 Å². The Balaban J connectivity index is 1.04. The van der Waals surface area contributed by atoms with Crippen LogP contribution in [0.2, 0.25) is 0 Å². The fourth-order valence-electron chi connectivity index (χ4n) is 8.37. The van der Waals surface area contributed by atoms with Gasteiger partial charge in [-0.25, -0.2) is 9.97 Å². The highest BCUT2D eigenvalue weighted by Crippen LogP contribution is 2.56. The summed E-state index contributed by atoms with van der Waals surface area (Å²) < 4.78 is 12.5. The minimum atomic E-state index is -0.468. The molecule has 0 N–H and O–H groups in total. The second-order valence-corrected chi connectivity index (χ2v) is 14.0. The summed E-state index contributed by atoms with van der Waals surface area (Å²) in [6, 6.07) is 63.5. The van der Waals surface area contributed by atoms with Crippen LogP contribution in [0.25, 0.3) is 78.6 Å². The number of nitrogens with zero attached hydrogens (tertiary/aromatic N) is 3. The summed E-state index contributed by atoms with van der Waals surface area (Å²) in [6.45, 7) is 0. The maximum absolute atomic E-state index is 6.23. The summed E-state index contributed by atoms with van der Waals surface area (Å²) in [4.78, 5) is 14.7. The Bertz CT molecular complexity index is 2840. The van der Waals surface area contributed by atoms with Crippen LogP contribution in [0.15, 0.2) is 197 Å². The molecule has 0 aliphatic heterocycles. The van der Waals surface area contributed by atoms with Crippen LogP contribution < -0.4 is 0 Å². The monoisotopic (exact) mass is 705 g/mol. The number of aromatic nitrogens is 3. The van der Waals surface area contributed by atoms with Crippen molar-refractivity contribution in [3.8, 4) is 56.4 Å². The molecule has 0 spiro atoms. The minimum Gasteiger partial charge on any atom is -0.436 e. The predicted octanol–water partition coefficient (Wildman–Crippen LogP) is 12.4. The molecular formula is C50H31N3O2. The zero-order valence-corrected chi connectivity index (χ0v) is 29.6. The van der Waals surface area contributed by atoms with Crippen LogP contribution >= 0.6 is 0 Å². The van der Waals surface area contributed by atoms with E-state index in [4.69, 9.17) is 23.8 Å². The van der Waals surface area contributed by atoms with E-state index in [-0.39, 0.29) is 0 Å². The van der Waals surface area contributed by atoms with Gasteiger partial charge in [0, 0.05) is 28.5 Å². The van der Waals surface area contributed by atoms with Crippen molar-refractivity contribution in [3.63, 3.8) is 0 Å². The van der Waals surface area contributed by atoms with Crippen LogP contribution in [-0.4, -0.2) is 15.0 Å². The van der Waals surface area contributed by atoms with Crippen LogP contribution in [0.4, 0.5) is 0 Å². The van der Waals surface area contributed by atoms with Gasteiger partial charge in [-0.2, -0.15) is 0 Å². The van der Waals surface area contributed by atoms with Crippen LogP contribution in [0, 0.1) is 0 Å². The van der Waals surface area contributed by atoms with Crippen molar-refractivity contribution in [2.75, 3.05) is 0 Å². The van der Waals surface area contributed by atoms with Crippen molar-refractivity contribution < 1.29 is 8.83 Å². The number of hydrogen-bond acceptors (Lipinski definition) is 5. The minimum absolute atomic E-state index is 0.468. The van der Waals surface area contributed by atoms with Gasteiger partial charge in [-0.3, -0.25) is 4.98 Å². The standard InChI is InChI=1S/C50H31N3O2/c1-3-13-37(14-4-1)50(38-15-5-2-6-16-38)41-18-8-7-17-39(41)40-25-23-32(30-42(40)50)33-24-26-43(51-31-33)34-27-35(48-52-44-19-9-11-21-46(44)54-48)29-36(28-34)49-53-45-20-10-12-22-47(45)55-49/h1-31H. The topological polar surface area (TPSA) is 65.0 Å². The Morgan fingerprint density at radius 1 is 0.382 bits per heavy atom. The Morgan fingerprint density at radius 2 is 0.909 bits per heavy atom. The molecule has 7 aromatic carbocycles. The number of pyridine rings is 1. The molecule has 0 saturated heterocycles. The summed E-state index contributed by atoms with van der Waals surface area (Å²) in [5.41, 5.74) is 15.6. The smallest absolute Gasteiger partial charge is 0.227 e. The first-order valence-corrected chi connectivity index (χ1v) is 18.4. The molecule has 0 fully saturated rings. The molecule has 0 atom stereocenters. The highest BCUT2D eigenvalue weighted by Gasteiger charge is 2.46. The molecule has 5 heteroatoms. The predicted molar refractivity (Wildman–Crippen MR) is 218 cm³/mol. The molecular weight excluding hydrogens is 675 g/mol. The van der Waals surface area contributed by atoms with Crippen molar-refractivity contribution in [3.05, 3.63) is 210 Å². The second kappa shape index (κ2) is 12.4. The van der Waals surface area contributed by atoms with Gasteiger partial charge >= 0.3 is 0 Å². The molecule has 55 heavy (non-hydrogen) atoms. The van der Waals surface area contributed by atoms with E-state index in [9.17, 15) is 0 Å². The fraction of sp³-hybridized carbons (Fsp3) is 0.0200. The lowest BCUT2D eigenvalue weighted by atomic mass is 9.67. The lowest BCUT2D eigenvalue weighted by Crippen LogP contribution is -2.28. The third kappa shape index (κ3) is 4.98. The fourth-order valence-corrected chi connectivity index (χ4v) is 8.37. The highest BCUT2D eigenvalue weighted by molar-refractivity contribution is 5.89. The van der Waals surface area contributed by atoms with E-state index in [1.807, 2.05) is 60.8 Å². The number of para-hydroxylation sites is 4. The van der Waals surface area contributed by atoms with Gasteiger partial charge < -0.3 is 8.83 Å². The van der Waals surface area contributed by atoms with E-state index < -0.39 is 5.41 Å². The molecule has 5 nitrogen and oxygen atoms in total. The van der Waals surface area contributed by atoms with Gasteiger partial charge in [0.2, 0.25) is 11.8 Å². The van der Waals surface area contributed by atoms with Gasteiger partial charge in [-0.1, -0.05) is 127 Å². The number of fused-ring (bicyclic) bond motifs is 5. The number of rotatable bonds is 6. The summed E-state index contributed by atoms with van der Waals surface area (Å²) in [5, 5.41) is 0.